The Kier molecular flexibility index (Phi) is 44.0. The zero-order chi connectivity index (χ0) is 37.9. The van der Waals surface area contributed by atoms with Gasteiger partial charge in [-0.1, -0.05) is 6.92 Å². The standard InChI is InChI=1S/C10H18ClNO2.C10H19NO3.C8H15NO2.C3H8O.Cl2OS.I2/c1-2-14-10(13)9-3-6-12(7-4-9)8-5-11;1-2-14-10(13)9-3-5-11(6-4-9)7-8-12;1-2-11-8(10)7-3-5-9-6-4-7;1-2-3-4;1-4(2)3;1-2/h9H,2-8H2,1H3;9,12H,2-8H2,1H3;7,9H,2-6H2,1H3;4H,2-3H2,1H3;;. The van der Waals surface area contributed by atoms with Crippen molar-refractivity contribution in [2.75, 3.05) is 91.3 Å². The molecule has 0 unspecified atom stereocenters. The van der Waals surface area contributed by atoms with E-state index in [1.807, 2.05) is 27.7 Å². The maximum Gasteiger partial charge on any atom is 0.309 e. The highest BCUT2D eigenvalue weighted by atomic mass is 128. The lowest BCUT2D eigenvalue weighted by molar-refractivity contribution is -0.150. The topological polar surface area (TPSA) is 155 Å². The van der Waals surface area contributed by atoms with Crippen LogP contribution in [0.25, 0.3) is 0 Å². The van der Waals surface area contributed by atoms with E-state index in [4.69, 9.17) is 40.2 Å². The number of carbonyl (C=O) groups is 3. The number of carbonyl (C=O) groups excluding carboxylic acids is 3. The van der Waals surface area contributed by atoms with Crippen molar-refractivity contribution in [3.8, 4) is 0 Å². The van der Waals surface area contributed by atoms with Gasteiger partial charge in [0.1, 0.15) is 0 Å². The van der Waals surface area contributed by atoms with Crippen LogP contribution in [0.2, 0.25) is 0 Å². The number of hydrogen-bond acceptors (Lipinski definition) is 12. The Hall–Kier alpha value is 0.690. The summed E-state index contributed by atoms with van der Waals surface area (Å²) in [5.41, 5.74) is 0. The Morgan fingerprint density at radius 1 is 0.694 bits per heavy atom. The number of hydrogen-bond donors (Lipinski definition) is 3. The molecule has 12 nitrogen and oxygen atoms in total. The number of nitrogens with zero attached hydrogens (tertiary/aromatic N) is 2. The van der Waals surface area contributed by atoms with Crippen LogP contribution >= 0.6 is 70.2 Å². The van der Waals surface area contributed by atoms with E-state index >= 15 is 0 Å². The van der Waals surface area contributed by atoms with Gasteiger partial charge in [0.25, 0.3) is 0 Å². The Bertz CT molecular complexity index is 766. The van der Waals surface area contributed by atoms with Gasteiger partial charge in [-0.05, 0) is 105 Å². The molecule has 3 N–H and O–H groups in total. The summed E-state index contributed by atoms with van der Waals surface area (Å²) in [7, 11) is 7.36. The zero-order valence-corrected chi connectivity index (χ0v) is 36.9. The number of likely N-dealkylation sites (tertiary alicyclic amines) is 2. The summed E-state index contributed by atoms with van der Waals surface area (Å²) in [6.07, 6.45) is 6.28. The van der Waals surface area contributed by atoms with Gasteiger partial charge in [0.2, 0.25) is 9.23 Å². The highest BCUT2D eigenvalue weighted by Gasteiger charge is 2.26. The number of halogens is 5. The molecule has 3 rings (SSSR count). The minimum atomic E-state index is -1.67. The third-order valence-corrected chi connectivity index (χ3v) is 7.58. The van der Waals surface area contributed by atoms with E-state index in [-0.39, 0.29) is 42.3 Å². The molecule has 0 aromatic rings. The Balaban J connectivity index is -0.000000572. The van der Waals surface area contributed by atoms with Crippen LogP contribution in [0.5, 0.6) is 0 Å². The molecule has 3 aliphatic rings. The fourth-order valence-corrected chi connectivity index (χ4v) is 5.12. The van der Waals surface area contributed by atoms with Gasteiger partial charge < -0.3 is 39.5 Å². The van der Waals surface area contributed by atoms with Gasteiger partial charge in [-0.15, -0.1) is 11.6 Å². The molecule has 0 bridgehead atoms. The SMILES string of the molecule is CCCO.CCOC(=O)C1CCN(CCCl)CC1.CCOC(=O)C1CCN(CCO)CC1.CCOC(=O)C1CCNCC1.II.O=S(Cl)Cl. The molecule has 0 amide bonds. The largest absolute Gasteiger partial charge is 0.466 e. The average molecular weight is 1010 g/mol. The summed E-state index contributed by atoms with van der Waals surface area (Å²) in [4.78, 5) is 38.4. The predicted molar refractivity (Wildman–Crippen MR) is 217 cm³/mol. The van der Waals surface area contributed by atoms with Crippen molar-refractivity contribution in [3.05, 3.63) is 0 Å². The highest BCUT2D eigenvalue weighted by molar-refractivity contribution is 15.0. The van der Waals surface area contributed by atoms with Crippen molar-refractivity contribution in [3.63, 3.8) is 0 Å². The highest BCUT2D eigenvalue weighted by Crippen LogP contribution is 2.19. The predicted octanol–water partition coefficient (Wildman–Crippen LogP) is 5.51. The molecule has 0 aliphatic carbocycles. The lowest BCUT2D eigenvalue weighted by atomic mass is 9.97. The molecular formula is C31H60Cl3I2N3O9S. The van der Waals surface area contributed by atoms with Gasteiger partial charge >= 0.3 is 17.9 Å². The van der Waals surface area contributed by atoms with Crippen molar-refractivity contribution >= 4 is 97.3 Å². The molecule has 3 heterocycles. The number of aliphatic hydroxyl groups is 2. The van der Waals surface area contributed by atoms with Crippen molar-refractivity contribution < 1.29 is 43.0 Å². The van der Waals surface area contributed by atoms with Crippen molar-refractivity contribution in [1.29, 1.82) is 0 Å². The first kappa shape index (κ1) is 54.0. The van der Waals surface area contributed by atoms with Crippen molar-refractivity contribution in [1.82, 2.24) is 15.1 Å². The van der Waals surface area contributed by atoms with E-state index in [9.17, 15) is 14.4 Å². The normalized spacial score (nSPS) is 17.1. The molecule has 0 aromatic carbocycles. The fourth-order valence-electron chi connectivity index (χ4n) is 4.88. The molecule has 0 aromatic heterocycles. The number of nitrogens with one attached hydrogen (secondary N) is 1. The Labute approximate surface area is 334 Å². The number of esters is 3. The Morgan fingerprint density at radius 3 is 1.27 bits per heavy atom. The first-order chi connectivity index (χ1) is 23.5. The van der Waals surface area contributed by atoms with Gasteiger partial charge in [0.15, 0.2) is 0 Å². The van der Waals surface area contributed by atoms with Crippen LogP contribution in [0.4, 0.5) is 0 Å². The summed E-state index contributed by atoms with van der Waals surface area (Å²) in [5, 5.41) is 19.8. The molecule has 3 fully saturated rings. The van der Waals surface area contributed by atoms with Gasteiger partial charge in [-0.2, -0.15) is 0 Å². The second-order valence-corrected chi connectivity index (χ2v) is 13.7. The summed E-state index contributed by atoms with van der Waals surface area (Å²) in [5.74, 6) is 0.898. The third-order valence-electron chi connectivity index (χ3n) is 7.41. The number of ether oxygens (including phenoxy) is 3. The first-order valence-electron chi connectivity index (χ1n) is 16.9. The molecule has 3 saturated heterocycles. The molecule has 0 radical (unpaired) electrons. The lowest BCUT2D eigenvalue weighted by Gasteiger charge is -2.30. The van der Waals surface area contributed by atoms with Crippen LogP contribution in [0.1, 0.15) is 72.6 Å². The summed E-state index contributed by atoms with van der Waals surface area (Å²) < 4.78 is 24.0. The minimum absolute atomic E-state index is 0.0194. The Morgan fingerprint density at radius 2 is 1.00 bits per heavy atom. The third kappa shape index (κ3) is 33.0. The fraction of sp³-hybridized carbons (Fsp3) is 0.903. The first-order valence-corrected chi connectivity index (χ1v) is 26.5. The van der Waals surface area contributed by atoms with Crippen LogP contribution in [0, 0.1) is 17.8 Å². The van der Waals surface area contributed by atoms with Crippen LogP contribution in [-0.2, 0) is 37.8 Å². The van der Waals surface area contributed by atoms with E-state index in [2.05, 4.69) is 73.7 Å². The van der Waals surface area contributed by atoms with Gasteiger partial charge in [-0.3, -0.25) is 14.4 Å². The molecule has 0 saturated carbocycles. The number of piperidine rings is 3. The maximum atomic E-state index is 11.4. The van der Waals surface area contributed by atoms with Gasteiger partial charge in [0, 0.05) is 84.2 Å². The maximum absolute atomic E-state index is 11.4. The molecule has 0 atom stereocenters. The smallest absolute Gasteiger partial charge is 0.309 e. The van der Waals surface area contributed by atoms with Crippen molar-refractivity contribution in [2.24, 2.45) is 17.8 Å². The van der Waals surface area contributed by atoms with E-state index in [1.54, 1.807) is 0 Å². The molecule has 49 heavy (non-hydrogen) atoms. The van der Waals surface area contributed by atoms with Gasteiger partial charge in [0.05, 0.1) is 44.2 Å². The number of β-amino-alcohol motifs (C(OH)–C–C–N with tert-alkyl or cyclic N) is 1. The molecule has 0 spiro atoms. The minimum Gasteiger partial charge on any atom is -0.466 e. The van der Waals surface area contributed by atoms with E-state index < -0.39 is 9.23 Å². The average Bonchev–Trinajstić information content (AvgIpc) is 3.11. The molecule has 3 aliphatic heterocycles. The monoisotopic (exact) mass is 1010 g/mol. The summed E-state index contributed by atoms with van der Waals surface area (Å²) in [6, 6.07) is 0. The van der Waals surface area contributed by atoms with Crippen LogP contribution in [-0.4, -0.2) is 133 Å². The van der Waals surface area contributed by atoms with Gasteiger partial charge in [-0.25, -0.2) is 4.21 Å². The van der Waals surface area contributed by atoms with Crippen LogP contribution in [0.15, 0.2) is 0 Å². The van der Waals surface area contributed by atoms with E-state index in [1.165, 1.54) is 0 Å². The number of rotatable bonds is 11. The number of aliphatic hydroxyl groups excluding tert-OH is 2. The van der Waals surface area contributed by atoms with Crippen LogP contribution in [0.3, 0.4) is 0 Å². The molecule has 18 heteroatoms. The zero-order valence-electron chi connectivity index (χ0n) is 29.5. The second kappa shape index (κ2) is 39.9. The molecule has 294 valence electrons. The molecular weight excluding hydrogens is 951 g/mol. The second-order valence-electron chi connectivity index (χ2n) is 10.8. The summed E-state index contributed by atoms with van der Waals surface area (Å²) >= 11 is 9.89. The quantitative estimate of drug-likeness (QED) is 0.0787. The van der Waals surface area contributed by atoms with Crippen LogP contribution < -0.4 is 5.32 Å². The van der Waals surface area contributed by atoms with E-state index in [0.717, 1.165) is 97.3 Å². The van der Waals surface area contributed by atoms with E-state index in [0.29, 0.717) is 32.3 Å². The number of alkyl halides is 1. The van der Waals surface area contributed by atoms with Crippen molar-refractivity contribution in [2.45, 2.75) is 72.6 Å². The lowest BCUT2D eigenvalue weighted by Crippen LogP contribution is -2.38. The summed E-state index contributed by atoms with van der Waals surface area (Å²) in [6.45, 7) is 16.7.